The van der Waals surface area contributed by atoms with Crippen LogP contribution in [-0.2, 0) is 12.7 Å². The van der Waals surface area contributed by atoms with Gasteiger partial charge in [0.2, 0.25) is 0 Å². The minimum atomic E-state index is -4.59. The molecule has 3 aromatic rings. The zero-order valence-electron chi connectivity index (χ0n) is 12.0. The van der Waals surface area contributed by atoms with Gasteiger partial charge in [0.05, 0.1) is 16.6 Å². The number of nitrogens with one attached hydrogen (secondary N) is 3. The van der Waals surface area contributed by atoms with Crippen LogP contribution in [0, 0.1) is 11.3 Å². The molecule has 6 nitrogen and oxygen atoms in total. The molecule has 122 valence electrons. The van der Waals surface area contributed by atoms with Gasteiger partial charge in [-0.25, -0.2) is 9.78 Å². The van der Waals surface area contributed by atoms with Gasteiger partial charge in [0.1, 0.15) is 17.6 Å². The lowest BCUT2D eigenvalue weighted by Gasteiger charge is -2.11. The predicted molar refractivity (Wildman–Crippen MR) is 80.2 cm³/mol. The van der Waals surface area contributed by atoms with Gasteiger partial charge < -0.3 is 15.3 Å². The van der Waals surface area contributed by atoms with Gasteiger partial charge in [0, 0.05) is 6.54 Å². The number of aromatic nitrogens is 3. The van der Waals surface area contributed by atoms with E-state index in [1.165, 1.54) is 0 Å². The van der Waals surface area contributed by atoms with E-state index in [1.807, 2.05) is 0 Å². The van der Waals surface area contributed by atoms with Crippen LogP contribution in [0.2, 0.25) is 0 Å². The Kier molecular flexibility index (Phi) is 3.73. The number of aromatic amines is 2. The number of anilines is 1. The molecule has 3 rings (SSSR count). The Morgan fingerprint density at radius 1 is 1.17 bits per heavy atom. The summed E-state index contributed by atoms with van der Waals surface area (Å²) < 4.78 is 38.2. The minimum Gasteiger partial charge on any atom is -0.365 e. The van der Waals surface area contributed by atoms with E-state index in [4.69, 9.17) is 5.26 Å². The number of alkyl halides is 3. The lowest BCUT2D eigenvalue weighted by Crippen LogP contribution is -2.11. The van der Waals surface area contributed by atoms with E-state index in [1.54, 1.807) is 24.3 Å². The Balaban J connectivity index is 1.86. The molecule has 0 atom stereocenters. The molecule has 0 amide bonds. The molecule has 0 bridgehead atoms. The number of hydrogen-bond acceptors (Lipinski definition) is 4. The molecule has 0 unspecified atom stereocenters. The smallest absolute Gasteiger partial charge is 0.365 e. The molecule has 0 saturated carbocycles. The monoisotopic (exact) mass is 333 g/mol. The van der Waals surface area contributed by atoms with Crippen LogP contribution < -0.4 is 11.0 Å². The molecule has 0 fully saturated rings. The van der Waals surface area contributed by atoms with Crippen molar-refractivity contribution in [3.63, 3.8) is 0 Å². The topological polar surface area (TPSA) is 97.4 Å². The number of nitriles is 1. The molecule has 24 heavy (non-hydrogen) atoms. The van der Waals surface area contributed by atoms with Crippen molar-refractivity contribution in [3.05, 3.63) is 57.6 Å². The summed E-state index contributed by atoms with van der Waals surface area (Å²) in [6.07, 6.45) is -4.59. The van der Waals surface area contributed by atoms with Crippen LogP contribution in [0.15, 0.2) is 35.1 Å². The second-order valence-corrected chi connectivity index (χ2v) is 5.01. The minimum absolute atomic E-state index is 0.0131. The van der Waals surface area contributed by atoms with Crippen molar-refractivity contribution in [1.29, 1.82) is 5.26 Å². The standard InChI is InChI=1S/C15H10F3N5O/c16-15(17,18)12-4-2-9(6-19)13(23-12)20-7-8-1-3-10-11(5-8)22-14(24)21-10/h1-5H,7H2,(H,20,23)(H2,21,22,24). The van der Waals surface area contributed by atoms with Gasteiger partial charge in [-0.2, -0.15) is 18.4 Å². The molecule has 2 aromatic heterocycles. The first-order chi connectivity index (χ1) is 11.4. The van der Waals surface area contributed by atoms with E-state index in [9.17, 15) is 18.0 Å². The van der Waals surface area contributed by atoms with Crippen LogP contribution >= 0.6 is 0 Å². The summed E-state index contributed by atoms with van der Waals surface area (Å²) in [5, 5.41) is 11.7. The molecule has 3 N–H and O–H groups in total. The van der Waals surface area contributed by atoms with Crippen LogP contribution in [-0.4, -0.2) is 15.0 Å². The van der Waals surface area contributed by atoms with Gasteiger partial charge in [0.15, 0.2) is 0 Å². The first-order valence-electron chi connectivity index (χ1n) is 6.80. The van der Waals surface area contributed by atoms with Crippen molar-refractivity contribution in [2.24, 2.45) is 0 Å². The van der Waals surface area contributed by atoms with Crippen molar-refractivity contribution >= 4 is 16.9 Å². The zero-order valence-corrected chi connectivity index (χ0v) is 12.0. The van der Waals surface area contributed by atoms with Crippen LogP contribution in [0.5, 0.6) is 0 Å². The SMILES string of the molecule is N#Cc1ccc(C(F)(F)F)nc1NCc1ccc2[nH]c(=O)[nH]c2c1. The number of nitrogens with zero attached hydrogens (tertiary/aromatic N) is 2. The molecule has 2 heterocycles. The van der Waals surface area contributed by atoms with E-state index < -0.39 is 11.9 Å². The average Bonchev–Trinajstić information content (AvgIpc) is 2.91. The van der Waals surface area contributed by atoms with Crippen LogP contribution in [0.4, 0.5) is 19.0 Å². The molecule has 0 aliphatic rings. The van der Waals surface area contributed by atoms with Gasteiger partial charge in [-0.3, -0.25) is 0 Å². The van der Waals surface area contributed by atoms with E-state index in [-0.39, 0.29) is 23.6 Å². The Hall–Kier alpha value is -3.28. The van der Waals surface area contributed by atoms with Gasteiger partial charge in [-0.1, -0.05) is 6.07 Å². The Bertz CT molecular complexity index is 997. The number of benzene rings is 1. The Labute approximate surface area is 133 Å². The van der Waals surface area contributed by atoms with E-state index in [2.05, 4.69) is 20.3 Å². The Morgan fingerprint density at radius 3 is 2.62 bits per heavy atom. The summed E-state index contributed by atoms with van der Waals surface area (Å²) in [4.78, 5) is 19.9. The number of rotatable bonds is 3. The highest BCUT2D eigenvalue weighted by Crippen LogP contribution is 2.29. The third-order valence-electron chi connectivity index (χ3n) is 3.35. The summed E-state index contributed by atoms with van der Waals surface area (Å²) in [6.45, 7) is 0.145. The van der Waals surface area contributed by atoms with Gasteiger partial charge in [-0.15, -0.1) is 0 Å². The summed E-state index contributed by atoms with van der Waals surface area (Å²) in [5.74, 6) is -0.144. The number of imidazole rings is 1. The average molecular weight is 333 g/mol. The highest BCUT2D eigenvalue weighted by molar-refractivity contribution is 5.75. The fraction of sp³-hybridized carbons (Fsp3) is 0.133. The summed E-state index contributed by atoms with van der Waals surface area (Å²) in [6, 6.07) is 8.70. The number of fused-ring (bicyclic) bond motifs is 1. The fourth-order valence-corrected chi connectivity index (χ4v) is 2.22. The molecule has 1 aromatic carbocycles. The van der Waals surface area contributed by atoms with Crippen LogP contribution in [0.25, 0.3) is 11.0 Å². The quantitative estimate of drug-likeness (QED) is 0.686. The first-order valence-corrected chi connectivity index (χ1v) is 6.80. The molecule has 0 aliphatic carbocycles. The van der Waals surface area contributed by atoms with Crippen LogP contribution in [0.3, 0.4) is 0 Å². The maximum Gasteiger partial charge on any atom is 0.433 e. The maximum absolute atomic E-state index is 12.7. The molecular weight excluding hydrogens is 323 g/mol. The van der Waals surface area contributed by atoms with Crippen molar-refractivity contribution in [2.45, 2.75) is 12.7 Å². The lowest BCUT2D eigenvalue weighted by atomic mass is 10.2. The van der Waals surface area contributed by atoms with Crippen LogP contribution in [0.1, 0.15) is 16.8 Å². The normalized spacial score (nSPS) is 11.4. The number of halogens is 3. The van der Waals surface area contributed by atoms with Crippen molar-refractivity contribution in [1.82, 2.24) is 15.0 Å². The highest BCUT2D eigenvalue weighted by atomic mass is 19.4. The first kappa shape index (κ1) is 15.6. The number of H-pyrrole nitrogens is 2. The van der Waals surface area contributed by atoms with Crippen molar-refractivity contribution in [3.8, 4) is 6.07 Å². The number of hydrogen-bond donors (Lipinski definition) is 3. The molecular formula is C15H10F3N5O. The predicted octanol–water partition coefficient (Wildman–Crippen LogP) is 2.75. The third kappa shape index (κ3) is 3.08. The van der Waals surface area contributed by atoms with E-state index in [0.717, 1.165) is 12.1 Å². The van der Waals surface area contributed by atoms with Gasteiger partial charge in [0.25, 0.3) is 0 Å². The largest absolute Gasteiger partial charge is 0.433 e. The highest BCUT2D eigenvalue weighted by Gasteiger charge is 2.33. The summed E-state index contributed by atoms with van der Waals surface area (Å²) in [5.41, 5.74) is 0.506. The van der Waals surface area contributed by atoms with E-state index in [0.29, 0.717) is 16.6 Å². The van der Waals surface area contributed by atoms with Crippen molar-refractivity contribution < 1.29 is 13.2 Å². The maximum atomic E-state index is 12.7. The fourth-order valence-electron chi connectivity index (χ4n) is 2.22. The summed E-state index contributed by atoms with van der Waals surface area (Å²) in [7, 11) is 0. The van der Waals surface area contributed by atoms with Gasteiger partial charge in [-0.05, 0) is 29.8 Å². The zero-order chi connectivity index (χ0) is 17.3. The van der Waals surface area contributed by atoms with Gasteiger partial charge >= 0.3 is 11.9 Å². The lowest BCUT2D eigenvalue weighted by molar-refractivity contribution is -0.141. The second kappa shape index (κ2) is 5.73. The molecule has 0 saturated heterocycles. The molecule has 0 radical (unpaired) electrons. The Morgan fingerprint density at radius 2 is 1.92 bits per heavy atom. The molecule has 0 spiro atoms. The molecule has 9 heteroatoms. The van der Waals surface area contributed by atoms with E-state index >= 15 is 0 Å². The number of pyridine rings is 1. The third-order valence-corrected chi connectivity index (χ3v) is 3.35. The second-order valence-electron chi connectivity index (χ2n) is 5.01. The summed E-state index contributed by atoms with van der Waals surface area (Å²) >= 11 is 0. The molecule has 0 aliphatic heterocycles. The van der Waals surface area contributed by atoms with Crippen molar-refractivity contribution in [2.75, 3.05) is 5.32 Å².